The van der Waals surface area contributed by atoms with Crippen molar-refractivity contribution in [2.24, 2.45) is 0 Å². The van der Waals surface area contributed by atoms with Gasteiger partial charge in [0.25, 0.3) is 0 Å². The molecule has 182 valence electrons. The minimum Gasteiger partial charge on any atom is -0.355 e. The van der Waals surface area contributed by atoms with Crippen molar-refractivity contribution in [1.82, 2.24) is 9.88 Å². The molecule has 4 rings (SSSR count). The Morgan fingerprint density at radius 2 is 1.37 bits per heavy atom. The predicted molar refractivity (Wildman–Crippen MR) is 124 cm³/mol. The second-order valence-electron chi connectivity index (χ2n) is 8.43. The molecule has 4 aromatic rings. The van der Waals surface area contributed by atoms with E-state index in [-0.39, 0.29) is 17.3 Å². The van der Waals surface area contributed by atoms with E-state index in [2.05, 4.69) is 10.3 Å². The monoisotopic (exact) mass is 489 g/mol. The van der Waals surface area contributed by atoms with E-state index in [0.29, 0.717) is 28.7 Å². The van der Waals surface area contributed by atoms with Crippen LogP contribution in [0.3, 0.4) is 0 Å². The first-order valence-corrected chi connectivity index (χ1v) is 10.6. The zero-order chi connectivity index (χ0) is 25.4. The predicted octanol–water partition coefficient (Wildman–Crippen LogP) is 7.74. The maximum atomic E-state index is 13.4. The minimum atomic E-state index is -4.94. The number of aromatic nitrogens is 1. The normalized spacial score (nSPS) is 12.4. The minimum absolute atomic E-state index is 0.00738. The van der Waals surface area contributed by atoms with Crippen molar-refractivity contribution >= 4 is 22.3 Å². The van der Waals surface area contributed by atoms with Crippen molar-refractivity contribution < 1.29 is 26.3 Å². The standard InChI is InChI=1S/C26H21F6N3/c1-35(2)15-16-7-9-20(10-8-16)33-24-14-23(34-22-6-4-3-5-21(22)24)17-11-18(25(27,28)29)13-19(12-17)26(30,31)32/h3-14H,15H2,1-2H3,(H,33,34). The highest BCUT2D eigenvalue weighted by molar-refractivity contribution is 5.95. The first-order valence-electron chi connectivity index (χ1n) is 10.6. The van der Waals surface area contributed by atoms with Gasteiger partial charge in [0.1, 0.15) is 0 Å². The smallest absolute Gasteiger partial charge is 0.355 e. The van der Waals surface area contributed by atoms with Crippen LogP contribution in [0.25, 0.3) is 22.2 Å². The molecule has 1 aromatic heterocycles. The fraction of sp³-hybridized carbons (Fsp3) is 0.192. The average molecular weight is 489 g/mol. The molecule has 0 fully saturated rings. The van der Waals surface area contributed by atoms with Crippen LogP contribution in [-0.2, 0) is 18.9 Å². The second kappa shape index (κ2) is 9.22. The highest BCUT2D eigenvalue weighted by Gasteiger charge is 2.37. The molecule has 0 radical (unpaired) electrons. The number of para-hydroxylation sites is 1. The Bertz CT molecular complexity index is 1310. The summed E-state index contributed by atoms with van der Waals surface area (Å²) in [4.78, 5) is 6.38. The lowest BCUT2D eigenvalue weighted by Crippen LogP contribution is -2.11. The lowest BCUT2D eigenvalue weighted by molar-refractivity contribution is -0.143. The number of nitrogens with zero attached hydrogens (tertiary/aromatic N) is 2. The van der Waals surface area contributed by atoms with Gasteiger partial charge in [-0.1, -0.05) is 30.3 Å². The Morgan fingerprint density at radius 1 is 0.771 bits per heavy atom. The maximum Gasteiger partial charge on any atom is 0.416 e. The van der Waals surface area contributed by atoms with Crippen molar-refractivity contribution in [2.75, 3.05) is 19.4 Å². The van der Waals surface area contributed by atoms with Crippen LogP contribution in [0, 0.1) is 0 Å². The van der Waals surface area contributed by atoms with E-state index in [0.717, 1.165) is 17.8 Å². The molecule has 3 nitrogen and oxygen atoms in total. The first-order chi connectivity index (χ1) is 16.4. The Labute approximate surface area is 198 Å². The number of alkyl halides is 6. The van der Waals surface area contributed by atoms with Crippen LogP contribution in [0.4, 0.5) is 37.7 Å². The van der Waals surface area contributed by atoms with Crippen LogP contribution >= 0.6 is 0 Å². The third kappa shape index (κ3) is 5.74. The number of anilines is 2. The highest BCUT2D eigenvalue weighted by atomic mass is 19.4. The summed E-state index contributed by atoms with van der Waals surface area (Å²) in [5, 5.41) is 3.91. The molecule has 0 atom stereocenters. The number of halogens is 6. The Morgan fingerprint density at radius 3 is 1.94 bits per heavy atom. The molecule has 3 aromatic carbocycles. The van der Waals surface area contributed by atoms with E-state index in [1.165, 1.54) is 6.07 Å². The lowest BCUT2D eigenvalue weighted by atomic mass is 10.0. The molecule has 0 saturated heterocycles. The quantitative estimate of drug-likeness (QED) is 0.291. The van der Waals surface area contributed by atoms with Crippen molar-refractivity contribution in [3.05, 3.63) is 89.5 Å². The summed E-state index contributed by atoms with van der Waals surface area (Å²) >= 11 is 0. The van der Waals surface area contributed by atoms with Crippen LogP contribution in [-0.4, -0.2) is 24.0 Å². The van der Waals surface area contributed by atoms with Gasteiger partial charge < -0.3 is 10.2 Å². The molecule has 0 unspecified atom stereocenters. The van der Waals surface area contributed by atoms with E-state index in [1.807, 2.05) is 43.3 Å². The number of hydrogen-bond donors (Lipinski definition) is 1. The molecule has 35 heavy (non-hydrogen) atoms. The fourth-order valence-electron chi connectivity index (χ4n) is 3.74. The number of hydrogen-bond acceptors (Lipinski definition) is 3. The van der Waals surface area contributed by atoms with Crippen LogP contribution in [0.2, 0.25) is 0 Å². The van der Waals surface area contributed by atoms with Crippen LogP contribution < -0.4 is 5.32 Å². The maximum absolute atomic E-state index is 13.4. The van der Waals surface area contributed by atoms with Gasteiger partial charge in [-0.2, -0.15) is 26.3 Å². The third-order valence-corrected chi connectivity index (χ3v) is 5.33. The van der Waals surface area contributed by atoms with Crippen LogP contribution in [0.15, 0.2) is 72.8 Å². The van der Waals surface area contributed by atoms with Crippen LogP contribution in [0.5, 0.6) is 0 Å². The molecule has 1 N–H and O–H groups in total. The molecule has 0 saturated carbocycles. The van der Waals surface area contributed by atoms with Crippen LogP contribution in [0.1, 0.15) is 16.7 Å². The highest BCUT2D eigenvalue weighted by Crippen LogP contribution is 2.39. The molecule has 9 heteroatoms. The molecule has 0 bridgehead atoms. The summed E-state index contributed by atoms with van der Waals surface area (Å²) in [6.07, 6.45) is -9.88. The zero-order valence-electron chi connectivity index (χ0n) is 18.8. The molecule has 0 aliphatic rings. The molecule has 0 aliphatic heterocycles. The van der Waals surface area contributed by atoms with Gasteiger partial charge in [-0.25, -0.2) is 4.98 Å². The largest absolute Gasteiger partial charge is 0.416 e. The van der Waals surface area contributed by atoms with Crippen molar-refractivity contribution in [2.45, 2.75) is 18.9 Å². The zero-order valence-corrected chi connectivity index (χ0v) is 18.8. The Hall–Kier alpha value is -3.59. The first kappa shape index (κ1) is 24.5. The Balaban J connectivity index is 1.82. The van der Waals surface area contributed by atoms with E-state index in [9.17, 15) is 26.3 Å². The second-order valence-corrected chi connectivity index (χ2v) is 8.43. The van der Waals surface area contributed by atoms with E-state index < -0.39 is 23.5 Å². The van der Waals surface area contributed by atoms with E-state index in [4.69, 9.17) is 0 Å². The van der Waals surface area contributed by atoms with E-state index >= 15 is 0 Å². The summed E-state index contributed by atoms with van der Waals surface area (Å²) in [6, 6.07) is 17.5. The summed E-state index contributed by atoms with van der Waals surface area (Å²) in [6.45, 7) is 0.750. The van der Waals surface area contributed by atoms with Gasteiger partial charge >= 0.3 is 12.4 Å². The molecular formula is C26H21F6N3. The number of rotatable bonds is 5. The molecule has 0 amide bonds. The fourth-order valence-corrected chi connectivity index (χ4v) is 3.74. The topological polar surface area (TPSA) is 28.2 Å². The van der Waals surface area contributed by atoms with Crippen molar-refractivity contribution in [3.63, 3.8) is 0 Å². The number of nitrogens with one attached hydrogen (secondary N) is 1. The van der Waals surface area contributed by atoms with Gasteiger partial charge in [-0.15, -0.1) is 0 Å². The van der Waals surface area contributed by atoms with Gasteiger partial charge in [-0.3, -0.25) is 0 Å². The van der Waals surface area contributed by atoms with Gasteiger partial charge in [0.2, 0.25) is 0 Å². The molecule has 0 aliphatic carbocycles. The lowest BCUT2D eigenvalue weighted by Gasteiger charge is -2.16. The van der Waals surface area contributed by atoms with E-state index in [1.54, 1.807) is 24.3 Å². The summed E-state index contributed by atoms with van der Waals surface area (Å²) < 4.78 is 80.3. The number of fused-ring (bicyclic) bond motifs is 1. The Kier molecular flexibility index (Phi) is 6.46. The molecular weight excluding hydrogens is 468 g/mol. The summed E-state index contributed by atoms with van der Waals surface area (Å²) in [7, 11) is 3.91. The third-order valence-electron chi connectivity index (χ3n) is 5.33. The van der Waals surface area contributed by atoms with Crippen molar-refractivity contribution in [1.29, 1.82) is 0 Å². The van der Waals surface area contributed by atoms with Gasteiger partial charge in [0, 0.05) is 23.2 Å². The van der Waals surface area contributed by atoms with Gasteiger partial charge in [0.05, 0.1) is 28.0 Å². The summed E-state index contributed by atoms with van der Waals surface area (Å²) in [5.74, 6) is 0. The van der Waals surface area contributed by atoms with Gasteiger partial charge in [-0.05, 0) is 62.1 Å². The SMILES string of the molecule is CN(C)Cc1ccc(Nc2cc(-c3cc(C(F)(F)F)cc(C(F)(F)F)c3)nc3ccccc23)cc1. The molecule has 1 heterocycles. The van der Waals surface area contributed by atoms with Gasteiger partial charge in [0.15, 0.2) is 0 Å². The molecule has 0 spiro atoms. The number of benzene rings is 3. The number of pyridine rings is 1. The average Bonchev–Trinajstić information content (AvgIpc) is 2.78. The van der Waals surface area contributed by atoms with Crippen molar-refractivity contribution in [3.8, 4) is 11.3 Å². The summed E-state index contributed by atoms with van der Waals surface area (Å²) in [5.41, 5.74) is -0.306.